The second kappa shape index (κ2) is 10.3. The van der Waals surface area contributed by atoms with Gasteiger partial charge in [0.05, 0.1) is 30.7 Å². The Hall–Kier alpha value is -3.95. The fourth-order valence-corrected chi connectivity index (χ4v) is 4.78. The number of hydrogen-bond acceptors (Lipinski definition) is 8. The summed E-state index contributed by atoms with van der Waals surface area (Å²) in [5, 5.41) is 13.4. The molecule has 1 amide bonds. The number of aliphatic hydroxyl groups is 1. The fraction of sp³-hybridized carbons (Fsp3) is 0.185. The van der Waals surface area contributed by atoms with Crippen molar-refractivity contribution in [3.05, 3.63) is 83.2 Å². The number of fused-ring (bicyclic) bond motifs is 2. The van der Waals surface area contributed by atoms with E-state index in [0.717, 1.165) is 22.4 Å². The van der Waals surface area contributed by atoms with Crippen LogP contribution in [0, 0.1) is 6.92 Å². The number of aliphatic hydroxyl groups excluding tert-OH is 1. The molecule has 0 bridgehead atoms. The maximum absolute atomic E-state index is 12.7. The smallest absolute Gasteiger partial charge is 0.234 e. The number of methoxy groups -OCH3 is 1. The van der Waals surface area contributed by atoms with Crippen LogP contribution in [0.1, 0.15) is 22.4 Å². The number of aromatic nitrogens is 3. The summed E-state index contributed by atoms with van der Waals surface area (Å²) < 4.78 is 11.6. The molecule has 0 spiro atoms. The van der Waals surface area contributed by atoms with Crippen molar-refractivity contribution in [3.63, 3.8) is 0 Å². The number of benzene rings is 2. The Bertz CT molecular complexity index is 1430. The van der Waals surface area contributed by atoms with E-state index in [4.69, 9.17) is 19.4 Å². The van der Waals surface area contributed by atoms with E-state index in [2.05, 4.69) is 10.3 Å². The number of anilines is 1. The van der Waals surface area contributed by atoms with Gasteiger partial charge in [-0.2, -0.15) is 4.98 Å². The highest BCUT2D eigenvalue weighted by molar-refractivity contribution is 8.00. The third-order valence-electron chi connectivity index (χ3n) is 5.78. The molecular weight excluding hydrogens is 476 g/mol. The number of aryl methyl sites for hydroxylation is 1. The van der Waals surface area contributed by atoms with Crippen LogP contribution < -0.4 is 14.8 Å². The molecule has 0 radical (unpaired) electrons. The zero-order valence-electron chi connectivity index (χ0n) is 19.8. The molecule has 4 aromatic rings. The first-order valence-corrected chi connectivity index (χ1v) is 12.3. The molecule has 0 saturated carbocycles. The zero-order valence-corrected chi connectivity index (χ0v) is 20.6. The summed E-state index contributed by atoms with van der Waals surface area (Å²) in [6, 6.07) is 16.8. The van der Waals surface area contributed by atoms with Crippen LogP contribution in [-0.4, -0.2) is 38.8 Å². The number of pyridine rings is 1. The number of hydrogen-bond donors (Lipinski definition) is 2. The third-order valence-corrected chi connectivity index (χ3v) is 6.80. The van der Waals surface area contributed by atoms with Gasteiger partial charge in [0.25, 0.3) is 0 Å². The molecule has 36 heavy (non-hydrogen) atoms. The molecule has 2 N–H and O–H groups in total. The van der Waals surface area contributed by atoms with Crippen molar-refractivity contribution in [2.24, 2.45) is 0 Å². The number of para-hydroxylation sites is 1. The van der Waals surface area contributed by atoms with Gasteiger partial charge in [-0.15, -0.1) is 0 Å². The molecule has 1 aliphatic heterocycles. The molecule has 0 saturated heterocycles. The lowest BCUT2D eigenvalue weighted by Gasteiger charge is -2.24. The first-order chi connectivity index (χ1) is 17.6. The highest BCUT2D eigenvalue weighted by Gasteiger charge is 2.28. The third kappa shape index (κ3) is 4.89. The highest BCUT2D eigenvalue weighted by atomic mass is 32.2. The number of rotatable bonds is 7. The average Bonchev–Trinajstić information content (AvgIpc) is 2.91. The lowest BCUT2D eigenvalue weighted by atomic mass is 9.99. The van der Waals surface area contributed by atoms with Gasteiger partial charge in [0.15, 0.2) is 11.6 Å². The van der Waals surface area contributed by atoms with Crippen molar-refractivity contribution in [2.75, 3.05) is 18.2 Å². The Kier molecular flexibility index (Phi) is 6.84. The van der Waals surface area contributed by atoms with Crippen molar-refractivity contribution in [2.45, 2.75) is 25.0 Å². The van der Waals surface area contributed by atoms with Crippen LogP contribution in [0.3, 0.4) is 0 Å². The number of carbonyl (C=O) groups excluding carboxylic acids is 1. The zero-order chi connectivity index (χ0) is 25.1. The standard InChI is InChI=1S/C27H24N4O4S/c1-16-24-21(18(14-32)13-28-16)12-22-26(35-24)30-25(17-7-6-10-20(11-17)34-2)31-27(22)36-15-23(33)29-19-8-4-3-5-9-19/h3-11,13,32H,12,14-15H2,1-2H3,(H,29,33). The van der Waals surface area contributed by atoms with E-state index in [-0.39, 0.29) is 18.3 Å². The summed E-state index contributed by atoms with van der Waals surface area (Å²) in [5.41, 5.74) is 4.53. The molecule has 9 heteroatoms. The molecule has 0 unspecified atom stereocenters. The number of nitrogens with one attached hydrogen (secondary N) is 1. The van der Waals surface area contributed by atoms with E-state index in [1.807, 2.05) is 61.5 Å². The summed E-state index contributed by atoms with van der Waals surface area (Å²) in [6.07, 6.45) is 2.12. The predicted octanol–water partition coefficient (Wildman–Crippen LogP) is 4.78. The molecule has 8 nitrogen and oxygen atoms in total. The molecule has 2 aromatic carbocycles. The van der Waals surface area contributed by atoms with Crippen molar-refractivity contribution in [3.8, 4) is 28.8 Å². The number of thioether (sulfide) groups is 1. The minimum Gasteiger partial charge on any atom is -0.497 e. The first kappa shape index (κ1) is 23.8. The molecule has 182 valence electrons. The van der Waals surface area contributed by atoms with Gasteiger partial charge in [-0.05, 0) is 31.2 Å². The van der Waals surface area contributed by atoms with E-state index in [1.54, 1.807) is 13.3 Å². The molecule has 5 rings (SSSR count). The summed E-state index contributed by atoms with van der Waals surface area (Å²) in [6.45, 7) is 1.71. The van der Waals surface area contributed by atoms with Crippen LogP contribution in [0.2, 0.25) is 0 Å². The van der Waals surface area contributed by atoms with Crippen LogP contribution in [0.4, 0.5) is 5.69 Å². The van der Waals surface area contributed by atoms with Gasteiger partial charge in [-0.3, -0.25) is 9.78 Å². The normalized spacial score (nSPS) is 11.8. The van der Waals surface area contributed by atoms with Crippen LogP contribution in [0.25, 0.3) is 11.4 Å². The minimum atomic E-state index is -0.154. The van der Waals surface area contributed by atoms with Gasteiger partial charge in [0.1, 0.15) is 10.8 Å². The van der Waals surface area contributed by atoms with Gasteiger partial charge in [0, 0.05) is 35.0 Å². The van der Waals surface area contributed by atoms with Crippen molar-refractivity contribution < 1.29 is 19.4 Å². The second-order valence-electron chi connectivity index (χ2n) is 8.18. The quantitative estimate of drug-likeness (QED) is 0.243. The summed E-state index contributed by atoms with van der Waals surface area (Å²) in [5.74, 6) is 2.18. The Morgan fingerprint density at radius 3 is 2.75 bits per heavy atom. The lowest BCUT2D eigenvalue weighted by molar-refractivity contribution is -0.113. The maximum Gasteiger partial charge on any atom is 0.234 e. The molecule has 0 atom stereocenters. The van der Waals surface area contributed by atoms with Crippen molar-refractivity contribution in [1.82, 2.24) is 15.0 Å². The van der Waals surface area contributed by atoms with Crippen LogP contribution >= 0.6 is 11.8 Å². The summed E-state index contributed by atoms with van der Waals surface area (Å²) >= 11 is 1.32. The number of nitrogens with zero attached hydrogens (tertiary/aromatic N) is 3. The van der Waals surface area contributed by atoms with Gasteiger partial charge in [-0.25, -0.2) is 4.98 Å². The molecule has 0 aliphatic carbocycles. The van der Waals surface area contributed by atoms with Gasteiger partial charge < -0.3 is 19.9 Å². The molecule has 2 aromatic heterocycles. The average molecular weight is 501 g/mol. The Morgan fingerprint density at radius 1 is 1.14 bits per heavy atom. The topological polar surface area (TPSA) is 106 Å². The summed E-state index contributed by atoms with van der Waals surface area (Å²) in [4.78, 5) is 26.6. The van der Waals surface area contributed by atoms with E-state index in [9.17, 15) is 9.90 Å². The maximum atomic E-state index is 12.7. The van der Waals surface area contributed by atoms with E-state index in [0.29, 0.717) is 45.9 Å². The Morgan fingerprint density at radius 2 is 1.97 bits per heavy atom. The predicted molar refractivity (Wildman–Crippen MR) is 138 cm³/mol. The largest absolute Gasteiger partial charge is 0.497 e. The second-order valence-corrected chi connectivity index (χ2v) is 9.15. The minimum absolute atomic E-state index is 0.144. The number of amides is 1. The van der Waals surface area contributed by atoms with Crippen LogP contribution in [0.15, 0.2) is 65.8 Å². The van der Waals surface area contributed by atoms with Crippen molar-refractivity contribution >= 4 is 23.4 Å². The summed E-state index contributed by atoms with van der Waals surface area (Å²) in [7, 11) is 1.61. The Balaban J connectivity index is 1.51. The fourth-order valence-electron chi connectivity index (χ4n) is 3.96. The van der Waals surface area contributed by atoms with Crippen molar-refractivity contribution in [1.29, 1.82) is 0 Å². The molecule has 0 fully saturated rings. The number of ether oxygens (including phenoxy) is 2. The SMILES string of the molecule is COc1cccc(-c2nc3c(c(SCC(=O)Nc4ccccc4)n2)Cc2c(CO)cnc(C)c2O3)c1. The highest BCUT2D eigenvalue weighted by Crippen LogP contribution is 2.42. The van der Waals surface area contributed by atoms with Gasteiger partial charge in [0.2, 0.25) is 11.8 Å². The van der Waals surface area contributed by atoms with Gasteiger partial charge >= 0.3 is 0 Å². The monoisotopic (exact) mass is 500 g/mol. The van der Waals surface area contributed by atoms with Gasteiger partial charge in [-0.1, -0.05) is 42.1 Å². The lowest BCUT2D eigenvalue weighted by Crippen LogP contribution is -2.16. The van der Waals surface area contributed by atoms with E-state index < -0.39 is 0 Å². The van der Waals surface area contributed by atoms with Crippen LogP contribution in [-0.2, 0) is 17.8 Å². The first-order valence-electron chi connectivity index (χ1n) is 11.3. The van der Waals surface area contributed by atoms with Crippen LogP contribution in [0.5, 0.6) is 17.4 Å². The van der Waals surface area contributed by atoms with E-state index in [1.165, 1.54) is 11.8 Å². The van der Waals surface area contributed by atoms with E-state index >= 15 is 0 Å². The molecule has 3 heterocycles. The molecule has 1 aliphatic rings. The Labute approximate surface area is 212 Å². The molecular formula is C27H24N4O4S. The number of carbonyl (C=O) groups is 1.